The first kappa shape index (κ1) is 20.0. The molecule has 0 atom stereocenters. The van der Waals surface area contributed by atoms with Gasteiger partial charge in [0, 0.05) is 24.4 Å². The number of benzene rings is 1. The number of nitrogens with one attached hydrogen (secondary N) is 2. The summed E-state index contributed by atoms with van der Waals surface area (Å²) in [5, 5.41) is 7.79. The lowest BCUT2D eigenvalue weighted by molar-refractivity contribution is 0.354. The molecule has 0 unspecified atom stereocenters. The largest absolute Gasteiger partial charge is 0.493 e. The molecule has 1 aromatic heterocycles. The molecule has 0 aliphatic heterocycles. The molecule has 7 heteroatoms. The highest BCUT2D eigenvalue weighted by atomic mass is 32.1. The van der Waals surface area contributed by atoms with Gasteiger partial charge >= 0.3 is 0 Å². The second-order valence-electron chi connectivity index (χ2n) is 5.80. The van der Waals surface area contributed by atoms with Crippen molar-refractivity contribution in [3.05, 3.63) is 39.3 Å². The zero-order valence-electron chi connectivity index (χ0n) is 16.2. The van der Waals surface area contributed by atoms with Crippen LogP contribution in [0.4, 0.5) is 0 Å². The van der Waals surface area contributed by atoms with E-state index in [2.05, 4.69) is 34.5 Å². The molecule has 2 N–H and O–H groups in total. The van der Waals surface area contributed by atoms with Crippen molar-refractivity contribution in [2.75, 3.05) is 27.3 Å². The normalized spacial score (nSPS) is 11.3. The van der Waals surface area contributed by atoms with Gasteiger partial charge in [0.2, 0.25) is 0 Å². The van der Waals surface area contributed by atoms with Crippen LogP contribution in [0.1, 0.15) is 28.1 Å². The number of rotatable bonds is 8. The molecule has 0 spiro atoms. The molecular formula is C19H28N4O2S. The molecule has 1 heterocycles. The molecule has 0 aliphatic rings. The fraction of sp³-hybridized carbons (Fsp3) is 0.474. The molecule has 142 valence electrons. The highest BCUT2D eigenvalue weighted by Crippen LogP contribution is 2.27. The molecule has 0 saturated heterocycles. The summed E-state index contributed by atoms with van der Waals surface area (Å²) in [7, 11) is 3.27. The number of aliphatic imine (C=N–C) groups is 1. The molecule has 26 heavy (non-hydrogen) atoms. The average Bonchev–Trinajstić information content (AvgIpc) is 2.96. The van der Waals surface area contributed by atoms with Gasteiger partial charge < -0.3 is 20.1 Å². The minimum Gasteiger partial charge on any atom is -0.493 e. The lowest BCUT2D eigenvalue weighted by atomic mass is 10.2. The third-order valence-corrected chi connectivity index (χ3v) is 4.99. The molecule has 0 aliphatic carbocycles. The maximum Gasteiger partial charge on any atom is 0.191 e. The van der Waals surface area contributed by atoms with Gasteiger partial charge in [0.15, 0.2) is 17.5 Å². The summed E-state index contributed by atoms with van der Waals surface area (Å²) in [4.78, 5) is 10.5. The topological polar surface area (TPSA) is 67.8 Å². The van der Waals surface area contributed by atoms with Crippen molar-refractivity contribution >= 4 is 17.3 Å². The molecule has 2 rings (SSSR count). The Hall–Kier alpha value is -2.28. The quantitative estimate of drug-likeness (QED) is 0.547. The Morgan fingerprint density at radius 2 is 1.92 bits per heavy atom. The molecule has 0 fully saturated rings. The van der Waals surface area contributed by atoms with E-state index < -0.39 is 0 Å². The van der Waals surface area contributed by atoms with E-state index in [9.17, 15) is 0 Å². The minimum absolute atomic E-state index is 0.564. The Morgan fingerprint density at radius 1 is 1.15 bits per heavy atom. The SMILES string of the molecule is CCNC(=NCc1ccc(OC)c(OC)c1)NCCc1sc(C)nc1C. The van der Waals surface area contributed by atoms with E-state index in [4.69, 9.17) is 9.47 Å². The molecule has 0 bridgehead atoms. The van der Waals surface area contributed by atoms with Gasteiger partial charge in [0.05, 0.1) is 31.5 Å². The van der Waals surface area contributed by atoms with Crippen molar-refractivity contribution in [3.8, 4) is 11.5 Å². The maximum absolute atomic E-state index is 5.35. The number of hydrogen-bond acceptors (Lipinski definition) is 5. The zero-order valence-corrected chi connectivity index (χ0v) is 17.0. The molecule has 0 amide bonds. The number of nitrogens with zero attached hydrogens (tertiary/aromatic N) is 2. The Kier molecular flexibility index (Phi) is 7.72. The number of aryl methyl sites for hydroxylation is 2. The first-order chi connectivity index (χ1) is 12.6. The van der Waals surface area contributed by atoms with Crippen LogP contribution in [-0.2, 0) is 13.0 Å². The number of ether oxygens (including phenoxy) is 2. The van der Waals surface area contributed by atoms with Gasteiger partial charge in [0.1, 0.15) is 0 Å². The molecule has 2 aromatic rings. The summed E-state index contributed by atoms with van der Waals surface area (Å²) in [5.41, 5.74) is 2.19. The fourth-order valence-electron chi connectivity index (χ4n) is 2.59. The van der Waals surface area contributed by atoms with Gasteiger partial charge in [-0.25, -0.2) is 9.98 Å². The number of thiazole rings is 1. The van der Waals surface area contributed by atoms with Crippen molar-refractivity contribution in [2.45, 2.75) is 33.7 Å². The minimum atomic E-state index is 0.564. The third-order valence-electron chi connectivity index (χ3n) is 3.86. The first-order valence-corrected chi connectivity index (χ1v) is 9.55. The van der Waals surface area contributed by atoms with Crippen molar-refractivity contribution in [3.63, 3.8) is 0 Å². The summed E-state index contributed by atoms with van der Waals surface area (Å²) < 4.78 is 10.6. The van der Waals surface area contributed by atoms with Gasteiger partial charge in [-0.1, -0.05) is 6.07 Å². The van der Waals surface area contributed by atoms with Crippen molar-refractivity contribution in [2.24, 2.45) is 4.99 Å². The molecular weight excluding hydrogens is 348 g/mol. The summed E-state index contributed by atoms with van der Waals surface area (Å²) in [6.45, 7) is 8.37. The van der Waals surface area contributed by atoms with Crippen LogP contribution in [0.25, 0.3) is 0 Å². The predicted octanol–water partition coefficient (Wildman–Crippen LogP) is 3.07. The van der Waals surface area contributed by atoms with Crippen LogP contribution >= 0.6 is 11.3 Å². The van der Waals surface area contributed by atoms with Crippen LogP contribution < -0.4 is 20.1 Å². The van der Waals surface area contributed by atoms with Gasteiger partial charge in [-0.3, -0.25) is 0 Å². The van der Waals surface area contributed by atoms with Crippen LogP contribution in [0, 0.1) is 13.8 Å². The number of hydrogen-bond donors (Lipinski definition) is 2. The van der Waals surface area contributed by atoms with Crippen molar-refractivity contribution in [1.82, 2.24) is 15.6 Å². The van der Waals surface area contributed by atoms with E-state index in [1.165, 1.54) is 4.88 Å². The molecule has 6 nitrogen and oxygen atoms in total. The number of methoxy groups -OCH3 is 2. The Bertz CT molecular complexity index is 743. The molecule has 1 aromatic carbocycles. The van der Waals surface area contributed by atoms with Crippen molar-refractivity contribution < 1.29 is 9.47 Å². The van der Waals surface area contributed by atoms with E-state index in [-0.39, 0.29) is 0 Å². The van der Waals surface area contributed by atoms with E-state index in [1.807, 2.05) is 25.1 Å². The van der Waals surface area contributed by atoms with E-state index in [0.29, 0.717) is 12.3 Å². The van der Waals surface area contributed by atoms with E-state index in [0.717, 1.165) is 47.5 Å². The molecule has 0 radical (unpaired) electrons. The highest BCUT2D eigenvalue weighted by Gasteiger charge is 2.06. The van der Waals surface area contributed by atoms with Crippen LogP contribution in [0.2, 0.25) is 0 Å². The monoisotopic (exact) mass is 376 g/mol. The Labute approximate surface area is 159 Å². The summed E-state index contributed by atoms with van der Waals surface area (Å²) in [5.74, 6) is 2.25. The van der Waals surface area contributed by atoms with E-state index in [1.54, 1.807) is 25.6 Å². The summed E-state index contributed by atoms with van der Waals surface area (Å²) >= 11 is 1.76. The zero-order chi connectivity index (χ0) is 18.9. The predicted molar refractivity (Wildman–Crippen MR) is 108 cm³/mol. The van der Waals surface area contributed by atoms with Gasteiger partial charge in [0.25, 0.3) is 0 Å². The van der Waals surface area contributed by atoms with Gasteiger partial charge in [-0.05, 0) is 38.5 Å². The van der Waals surface area contributed by atoms with Crippen LogP contribution in [0.15, 0.2) is 23.2 Å². The average molecular weight is 377 g/mol. The summed E-state index contributed by atoms with van der Waals surface area (Å²) in [6.07, 6.45) is 0.943. The number of guanidine groups is 1. The van der Waals surface area contributed by atoms with Crippen LogP contribution in [0.5, 0.6) is 11.5 Å². The second kappa shape index (κ2) is 10.0. The van der Waals surface area contributed by atoms with E-state index >= 15 is 0 Å². The highest BCUT2D eigenvalue weighted by molar-refractivity contribution is 7.11. The Morgan fingerprint density at radius 3 is 2.54 bits per heavy atom. The van der Waals surface area contributed by atoms with Crippen molar-refractivity contribution in [1.29, 1.82) is 0 Å². The van der Waals surface area contributed by atoms with Crippen LogP contribution in [0.3, 0.4) is 0 Å². The summed E-state index contributed by atoms with van der Waals surface area (Å²) in [6, 6.07) is 5.85. The lowest BCUT2D eigenvalue weighted by Crippen LogP contribution is -2.38. The van der Waals surface area contributed by atoms with Gasteiger partial charge in [-0.15, -0.1) is 11.3 Å². The first-order valence-electron chi connectivity index (χ1n) is 8.73. The molecule has 0 saturated carbocycles. The van der Waals surface area contributed by atoms with Gasteiger partial charge in [-0.2, -0.15) is 0 Å². The second-order valence-corrected chi connectivity index (χ2v) is 7.09. The lowest BCUT2D eigenvalue weighted by Gasteiger charge is -2.12. The smallest absolute Gasteiger partial charge is 0.191 e. The Balaban J connectivity index is 1.96. The third kappa shape index (κ3) is 5.62. The fourth-order valence-corrected chi connectivity index (χ4v) is 3.53. The maximum atomic E-state index is 5.35. The standard InChI is InChI=1S/C19H28N4O2S/c1-6-20-19(21-10-9-18-13(2)23-14(3)26-18)22-12-15-7-8-16(24-4)17(11-15)25-5/h7-8,11H,6,9-10,12H2,1-5H3,(H2,20,21,22). The number of aromatic nitrogens is 1. The van der Waals surface area contributed by atoms with Crippen LogP contribution in [-0.4, -0.2) is 38.3 Å².